The van der Waals surface area contributed by atoms with Crippen LogP contribution in [0.2, 0.25) is 0 Å². The molecule has 2 unspecified atom stereocenters. The zero-order chi connectivity index (χ0) is 30.5. The van der Waals surface area contributed by atoms with Crippen LogP contribution in [0.1, 0.15) is 45.4 Å². The summed E-state index contributed by atoms with van der Waals surface area (Å²) in [5.41, 5.74) is 4.44. The predicted octanol–water partition coefficient (Wildman–Crippen LogP) is 2.53. The van der Waals surface area contributed by atoms with Gasteiger partial charge in [0.1, 0.15) is 54.6 Å². The van der Waals surface area contributed by atoms with E-state index in [4.69, 9.17) is 24.3 Å². The summed E-state index contributed by atoms with van der Waals surface area (Å²) in [4.78, 5) is 16.6. The second-order valence-electron chi connectivity index (χ2n) is 10.0. The van der Waals surface area contributed by atoms with Gasteiger partial charge in [-0.2, -0.15) is 15.4 Å². The van der Waals surface area contributed by atoms with Crippen molar-refractivity contribution in [1.29, 1.82) is 5.26 Å². The van der Waals surface area contributed by atoms with E-state index in [1.54, 1.807) is 30.3 Å². The molecule has 0 radical (unpaired) electrons. The molecule has 1 aliphatic heterocycles. The summed E-state index contributed by atoms with van der Waals surface area (Å²) in [6.45, 7) is 4.82. The highest BCUT2D eigenvalue weighted by molar-refractivity contribution is 7.52. The summed E-state index contributed by atoms with van der Waals surface area (Å²) in [6, 6.07) is 12.0. The zero-order valence-electron chi connectivity index (χ0n) is 23.5. The summed E-state index contributed by atoms with van der Waals surface area (Å²) in [7, 11) is -4.41. The Morgan fingerprint density at radius 2 is 1.98 bits per heavy atom. The SMILES string of the molecule is CCC(CC)COC(=O)C(C)NP(=O)(OC[C@@]1(C#N)O[C@@H](c2ccc3c(N)ncnn23)[C@H](O)[C@@H]1O)Oc1ccccc1. The van der Waals surface area contributed by atoms with E-state index < -0.39 is 50.3 Å². The van der Waals surface area contributed by atoms with E-state index in [0.29, 0.717) is 11.2 Å². The van der Waals surface area contributed by atoms with E-state index >= 15 is 0 Å². The largest absolute Gasteiger partial charge is 0.464 e. The average Bonchev–Trinajstić information content (AvgIpc) is 3.52. The number of para-hydroxylation sites is 1. The maximum atomic E-state index is 14.0. The first kappa shape index (κ1) is 31.4. The molecule has 0 saturated carbocycles. The van der Waals surface area contributed by atoms with Gasteiger partial charge in [-0.05, 0) is 37.1 Å². The Balaban J connectivity index is 1.55. The first-order chi connectivity index (χ1) is 20.1. The number of hydrogen-bond acceptors (Lipinski definition) is 12. The van der Waals surface area contributed by atoms with E-state index in [1.807, 2.05) is 19.9 Å². The number of anilines is 1. The number of nitrogens with one attached hydrogen (secondary N) is 1. The molecule has 1 fully saturated rings. The minimum absolute atomic E-state index is 0.152. The van der Waals surface area contributed by atoms with Gasteiger partial charge in [0, 0.05) is 0 Å². The fraction of sp³-hybridized carbons (Fsp3) is 0.481. The molecule has 15 heteroatoms. The lowest BCUT2D eigenvalue weighted by molar-refractivity contribution is -0.146. The average molecular weight is 603 g/mol. The van der Waals surface area contributed by atoms with Gasteiger partial charge in [0.25, 0.3) is 0 Å². The fourth-order valence-corrected chi connectivity index (χ4v) is 6.03. The van der Waals surface area contributed by atoms with Crippen LogP contribution in [-0.4, -0.2) is 67.8 Å². The standard InChI is InChI=1S/C27H35N6O8P/c1-4-18(5-2)13-38-26(36)17(3)32-42(37,41-19-9-7-6-8-10-19)39-15-27(14-28)24(35)22(34)23(40-27)20-11-12-21-25(29)30-16-31-33(20)21/h6-12,16-18,22-24,34-35H,4-5,13,15H2,1-3H3,(H,32,37)(H2,29,30,31)/t17?,22-,23-,24-,27+,42?/m0/s1. The molecular weight excluding hydrogens is 567 g/mol. The number of aliphatic hydroxyl groups excluding tert-OH is 2. The number of ether oxygens (including phenoxy) is 2. The molecular formula is C27H35N6O8P. The third-order valence-corrected chi connectivity index (χ3v) is 8.80. The van der Waals surface area contributed by atoms with Crippen LogP contribution in [0.3, 0.4) is 0 Å². The van der Waals surface area contributed by atoms with Crippen molar-refractivity contribution in [2.45, 2.75) is 63.6 Å². The van der Waals surface area contributed by atoms with E-state index in [-0.39, 0.29) is 24.1 Å². The van der Waals surface area contributed by atoms with Crippen molar-refractivity contribution in [2.24, 2.45) is 5.92 Å². The van der Waals surface area contributed by atoms with Crippen molar-refractivity contribution >= 4 is 25.1 Å². The number of fused-ring (bicyclic) bond motifs is 1. The maximum Gasteiger partial charge on any atom is 0.459 e. The van der Waals surface area contributed by atoms with E-state index in [0.717, 1.165) is 12.8 Å². The molecule has 5 N–H and O–H groups in total. The van der Waals surface area contributed by atoms with Crippen molar-refractivity contribution in [3.63, 3.8) is 0 Å². The molecule has 0 aliphatic carbocycles. The summed E-state index contributed by atoms with van der Waals surface area (Å²) < 4.78 is 37.9. The second-order valence-corrected chi connectivity index (χ2v) is 11.7. The normalized spacial score (nSPS) is 24.3. The molecule has 14 nitrogen and oxygen atoms in total. The minimum Gasteiger partial charge on any atom is -0.464 e. The van der Waals surface area contributed by atoms with Crippen molar-refractivity contribution in [3.8, 4) is 11.8 Å². The Hall–Kier alpha value is -3.57. The van der Waals surface area contributed by atoms with E-state index in [2.05, 4.69) is 15.2 Å². The zero-order valence-corrected chi connectivity index (χ0v) is 24.4. The Labute approximate surface area is 242 Å². The van der Waals surface area contributed by atoms with E-state index in [9.17, 15) is 24.8 Å². The first-order valence-electron chi connectivity index (χ1n) is 13.5. The van der Waals surface area contributed by atoms with Crippen LogP contribution in [-0.2, 0) is 23.4 Å². The number of esters is 1. The van der Waals surface area contributed by atoms with Gasteiger partial charge in [0.05, 0.1) is 12.3 Å². The molecule has 4 rings (SSSR count). The summed E-state index contributed by atoms with van der Waals surface area (Å²) in [5, 5.41) is 38.6. The van der Waals surface area contributed by atoms with Gasteiger partial charge in [-0.1, -0.05) is 44.9 Å². The number of carbonyl (C=O) groups excluding carboxylic acids is 1. The highest BCUT2D eigenvalue weighted by atomic mass is 31.2. The molecule has 6 atom stereocenters. The molecule has 2 aromatic heterocycles. The van der Waals surface area contributed by atoms with Crippen molar-refractivity contribution in [2.75, 3.05) is 18.9 Å². The molecule has 226 valence electrons. The molecule has 1 saturated heterocycles. The van der Waals surface area contributed by atoms with Crippen LogP contribution in [0.5, 0.6) is 5.75 Å². The number of aromatic nitrogens is 3. The third-order valence-electron chi connectivity index (χ3n) is 7.18. The number of aliphatic hydroxyl groups is 2. The summed E-state index contributed by atoms with van der Waals surface area (Å²) >= 11 is 0. The summed E-state index contributed by atoms with van der Waals surface area (Å²) in [5.74, 6) is -0.163. The monoisotopic (exact) mass is 602 g/mol. The predicted molar refractivity (Wildman–Crippen MR) is 150 cm³/mol. The fourth-order valence-electron chi connectivity index (χ4n) is 4.51. The third kappa shape index (κ3) is 6.57. The number of rotatable bonds is 13. The number of hydrogen-bond donors (Lipinski definition) is 4. The van der Waals surface area contributed by atoms with Crippen molar-refractivity contribution in [3.05, 3.63) is 54.5 Å². The molecule has 0 bridgehead atoms. The Bertz CT molecular complexity index is 1460. The number of benzene rings is 1. The Morgan fingerprint density at radius 1 is 1.26 bits per heavy atom. The first-order valence-corrected chi connectivity index (χ1v) is 15.1. The molecule has 42 heavy (non-hydrogen) atoms. The highest BCUT2D eigenvalue weighted by Gasteiger charge is 2.57. The van der Waals surface area contributed by atoms with Gasteiger partial charge in [-0.3, -0.25) is 9.32 Å². The number of nitriles is 1. The van der Waals surface area contributed by atoms with Crippen LogP contribution in [0, 0.1) is 17.2 Å². The van der Waals surface area contributed by atoms with Gasteiger partial charge < -0.3 is 29.9 Å². The van der Waals surface area contributed by atoms with Crippen LogP contribution in [0.25, 0.3) is 5.52 Å². The van der Waals surface area contributed by atoms with Gasteiger partial charge in [-0.15, -0.1) is 0 Å². The lowest BCUT2D eigenvalue weighted by Crippen LogP contribution is -2.46. The maximum absolute atomic E-state index is 14.0. The van der Waals surface area contributed by atoms with Crippen molar-refractivity contribution < 1.29 is 38.1 Å². The smallest absolute Gasteiger partial charge is 0.459 e. The van der Waals surface area contributed by atoms with E-state index in [1.165, 1.54) is 29.9 Å². The van der Waals surface area contributed by atoms with Gasteiger partial charge >= 0.3 is 13.7 Å². The van der Waals surface area contributed by atoms with Crippen LogP contribution < -0.4 is 15.3 Å². The van der Waals surface area contributed by atoms with Gasteiger partial charge in [-0.25, -0.2) is 14.1 Å². The Kier molecular flexibility index (Phi) is 9.83. The molecule has 1 aromatic carbocycles. The molecule has 0 spiro atoms. The number of nitrogens with two attached hydrogens (primary N) is 1. The molecule has 0 amide bonds. The molecule has 3 aromatic rings. The minimum atomic E-state index is -4.41. The summed E-state index contributed by atoms with van der Waals surface area (Å²) in [6.07, 6.45) is -1.75. The second kappa shape index (κ2) is 13.2. The van der Waals surface area contributed by atoms with Crippen LogP contribution in [0.4, 0.5) is 5.82 Å². The Morgan fingerprint density at radius 3 is 2.64 bits per heavy atom. The number of nitrogen functional groups attached to an aromatic ring is 1. The quantitative estimate of drug-likeness (QED) is 0.164. The van der Waals surface area contributed by atoms with Gasteiger partial charge in [0.15, 0.2) is 5.82 Å². The molecule has 3 heterocycles. The number of nitrogens with zero attached hydrogens (tertiary/aromatic N) is 4. The lowest BCUT2D eigenvalue weighted by atomic mass is 9.96. The van der Waals surface area contributed by atoms with Gasteiger partial charge in [0.2, 0.25) is 5.60 Å². The van der Waals surface area contributed by atoms with Crippen molar-refractivity contribution in [1.82, 2.24) is 19.7 Å². The molecule has 1 aliphatic rings. The number of carbonyl (C=O) groups is 1. The van der Waals surface area contributed by atoms with Crippen LogP contribution >= 0.6 is 7.75 Å². The lowest BCUT2D eigenvalue weighted by Gasteiger charge is -2.28. The highest BCUT2D eigenvalue weighted by Crippen LogP contribution is 2.48. The van der Waals surface area contributed by atoms with Crippen LogP contribution in [0.15, 0.2) is 48.8 Å². The topological polar surface area (TPSA) is 204 Å².